The molecule has 0 radical (unpaired) electrons. The molecule has 3 atom stereocenters. The van der Waals surface area contributed by atoms with Gasteiger partial charge in [-0.1, -0.05) is 0 Å². The highest BCUT2D eigenvalue weighted by atomic mass is 32.1. The van der Waals surface area contributed by atoms with Crippen molar-refractivity contribution in [2.75, 3.05) is 18.4 Å². The second-order valence-electron chi connectivity index (χ2n) is 6.80. The molecule has 6 nitrogen and oxygen atoms in total. The first-order chi connectivity index (χ1) is 12.2. The fourth-order valence-electron chi connectivity index (χ4n) is 3.63. The molecule has 132 valence electrons. The molecule has 0 aromatic carbocycles. The Kier molecular flexibility index (Phi) is 4.78. The number of nitrogens with zero attached hydrogens (tertiary/aromatic N) is 3. The van der Waals surface area contributed by atoms with E-state index in [9.17, 15) is 4.79 Å². The smallest absolute Gasteiger partial charge is 0.253 e. The molecule has 7 heteroatoms. The number of piperidine rings is 1. The third kappa shape index (κ3) is 3.89. The van der Waals surface area contributed by atoms with Gasteiger partial charge in [-0.15, -0.1) is 11.3 Å². The number of hydrogen-bond acceptors (Lipinski definition) is 6. The van der Waals surface area contributed by atoms with Crippen molar-refractivity contribution in [1.29, 1.82) is 0 Å². The van der Waals surface area contributed by atoms with Crippen LogP contribution in [0.4, 0.5) is 5.69 Å². The molecule has 2 aliphatic rings. The van der Waals surface area contributed by atoms with Crippen LogP contribution >= 0.6 is 11.3 Å². The number of carbonyl (C=O) groups is 1. The van der Waals surface area contributed by atoms with E-state index in [1.165, 1.54) is 0 Å². The number of aryl methyl sites for hydroxylation is 1. The van der Waals surface area contributed by atoms with E-state index in [2.05, 4.69) is 25.6 Å². The molecule has 2 fully saturated rings. The lowest BCUT2D eigenvalue weighted by Crippen LogP contribution is -2.41. The second-order valence-corrected chi connectivity index (χ2v) is 7.74. The zero-order chi connectivity index (χ0) is 17.2. The number of amides is 1. The van der Waals surface area contributed by atoms with Gasteiger partial charge in [-0.25, -0.2) is 4.98 Å². The molecule has 4 rings (SSSR count). The van der Waals surface area contributed by atoms with Crippen LogP contribution in [0.1, 0.15) is 23.5 Å². The average molecular weight is 358 g/mol. The fraction of sp³-hybridized carbons (Fsp3) is 0.500. The van der Waals surface area contributed by atoms with E-state index in [0.29, 0.717) is 11.6 Å². The number of hydrogen-bond donors (Lipinski definition) is 1. The highest BCUT2D eigenvalue weighted by Crippen LogP contribution is 2.34. The molecule has 1 amide bonds. The molecule has 0 unspecified atom stereocenters. The lowest BCUT2D eigenvalue weighted by molar-refractivity contribution is -0.127. The molecule has 4 heterocycles. The van der Waals surface area contributed by atoms with E-state index in [1.807, 2.05) is 19.1 Å². The minimum Gasteiger partial charge on any atom is -0.364 e. The van der Waals surface area contributed by atoms with Gasteiger partial charge in [-0.05, 0) is 44.4 Å². The van der Waals surface area contributed by atoms with Crippen LogP contribution in [0, 0.1) is 12.8 Å². The first-order valence-corrected chi connectivity index (χ1v) is 9.55. The van der Waals surface area contributed by atoms with Crippen LogP contribution in [0.5, 0.6) is 0 Å². The Labute approximate surface area is 151 Å². The van der Waals surface area contributed by atoms with Gasteiger partial charge in [0, 0.05) is 23.8 Å². The first-order valence-electron chi connectivity index (χ1n) is 8.67. The maximum Gasteiger partial charge on any atom is 0.253 e. The molecule has 0 saturated carbocycles. The van der Waals surface area contributed by atoms with Crippen molar-refractivity contribution >= 4 is 22.9 Å². The Morgan fingerprint density at radius 3 is 3.20 bits per heavy atom. The van der Waals surface area contributed by atoms with Gasteiger partial charge >= 0.3 is 0 Å². The van der Waals surface area contributed by atoms with Crippen molar-refractivity contribution in [3.63, 3.8) is 0 Å². The molecule has 0 bridgehead atoms. The topological polar surface area (TPSA) is 67.4 Å². The van der Waals surface area contributed by atoms with Crippen molar-refractivity contribution in [2.24, 2.45) is 5.92 Å². The van der Waals surface area contributed by atoms with E-state index in [-0.39, 0.29) is 18.1 Å². The molecular weight excluding hydrogens is 336 g/mol. The summed E-state index contributed by atoms with van der Waals surface area (Å²) in [5.74, 6) is 0.406. The van der Waals surface area contributed by atoms with Crippen LogP contribution < -0.4 is 5.32 Å². The molecule has 1 N–H and O–H groups in total. The maximum absolute atomic E-state index is 12.4. The summed E-state index contributed by atoms with van der Waals surface area (Å²) in [6, 6.07) is 3.65. The number of anilines is 1. The van der Waals surface area contributed by atoms with E-state index < -0.39 is 0 Å². The molecule has 2 aromatic heterocycles. The number of aromatic nitrogens is 2. The lowest BCUT2D eigenvalue weighted by atomic mass is 9.91. The van der Waals surface area contributed by atoms with Gasteiger partial charge in [0.05, 0.1) is 24.5 Å². The summed E-state index contributed by atoms with van der Waals surface area (Å²) in [4.78, 5) is 23.4. The minimum atomic E-state index is -0.364. The van der Waals surface area contributed by atoms with Crippen molar-refractivity contribution in [2.45, 2.75) is 38.5 Å². The Morgan fingerprint density at radius 1 is 1.52 bits per heavy atom. The highest BCUT2D eigenvalue weighted by molar-refractivity contribution is 7.09. The Balaban J connectivity index is 1.33. The number of fused-ring (bicyclic) bond motifs is 1. The van der Waals surface area contributed by atoms with Gasteiger partial charge in [0.2, 0.25) is 0 Å². The van der Waals surface area contributed by atoms with Gasteiger partial charge in [0.1, 0.15) is 11.1 Å². The maximum atomic E-state index is 12.4. The van der Waals surface area contributed by atoms with Crippen LogP contribution in [-0.4, -0.2) is 46.1 Å². The van der Waals surface area contributed by atoms with Crippen molar-refractivity contribution in [3.8, 4) is 0 Å². The summed E-state index contributed by atoms with van der Waals surface area (Å²) in [5.41, 5.74) is 1.80. The van der Waals surface area contributed by atoms with Gasteiger partial charge in [-0.2, -0.15) is 0 Å². The quantitative estimate of drug-likeness (QED) is 0.909. The van der Waals surface area contributed by atoms with E-state index in [1.54, 1.807) is 23.7 Å². The van der Waals surface area contributed by atoms with E-state index in [0.717, 1.165) is 43.2 Å². The summed E-state index contributed by atoms with van der Waals surface area (Å²) in [7, 11) is 0. The van der Waals surface area contributed by atoms with Crippen molar-refractivity contribution in [1.82, 2.24) is 14.9 Å². The third-order valence-corrected chi connectivity index (χ3v) is 5.83. The Morgan fingerprint density at radius 2 is 2.44 bits per heavy atom. The number of rotatable bonds is 4. The SMILES string of the molecule is Cc1csc(CN2CC[C@H]3C[C@@H](C(=O)Nc4cccnc4)O[C@@H]3C2)n1. The molecule has 0 spiro atoms. The number of carbonyl (C=O) groups excluding carboxylic acids is 1. The molecule has 25 heavy (non-hydrogen) atoms. The Hall–Kier alpha value is -1.83. The lowest BCUT2D eigenvalue weighted by Gasteiger charge is -2.33. The Bertz CT molecular complexity index is 736. The molecule has 2 saturated heterocycles. The summed E-state index contributed by atoms with van der Waals surface area (Å²) in [5, 5.41) is 6.14. The largest absolute Gasteiger partial charge is 0.364 e. The summed E-state index contributed by atoms with van der Waals surface area (Å²) in [6.45, 7) is 4.81. The normalized spacial score (nSPS) is 26.4. The van der Waals surface area contributed by atoms with Crippen LogP contribution in [0.15, 0.2) is 29.9 Å². The summed E-state index contributed by atoms with van der Waals surface area (Å²) in [6.07, 6.45) is 5.00. The molecular formula is C18H22N4O2S. The predicted molar refractivity (Wildman–Crippen MR) is 96.4 cm³/mol. The fourth-order valence-corrected chi connectivity index (χ4v) is 4.45. The van der Waals surface area contributed by atoms with Crippen LogP contribution in [0.3, 0.4) is 0 Å². The average Bonchev–Trinajstić information content (AvgIpc) is 3.21. The van der Waals surface area contributed by atoms with Crippen LogP contribution in [-0.2, 0) is 16.1 Å². The van der Waals surface area contributed by atoms with E-state index >= 15 is 0 Å². The van der Waals surface area contributed by atoms with E-state index in [4.69, 9.17) is 4.74 Å². The molecule has 2 aromatic rings. The highest BCUT2D eigenvalue weighted by Gasteiger charge is 2.41. The third-order valence-electron chi connectivity index (χ3n) is 4.88. The zero-order valence-electron chi connectivity index (χ0n) is 14.2. The standard InChI is InChI=1S/C18H22N4O2S/c1-12-11-25-17(20-12)10-22-6-4-13-7-15(24-16(13)9-22)18(23)21-14-3-2-5-19-8-14/h2-3,5,8,11,13,15-16H,4,6-7,9-10H2,1H3,(H,21,23)/t13-,15-,16+/m0/s1. The summed E-state index contributed by atoms with van der Waals surface area (Å²) >= 11 is 1.71. The summed E-state index contributed by atoms with van der Waals surface area (Å²) < 4.78 is 6.08. The second kappa shape index (κ2) is 7.19. The van der Waals surface area contributed by atoms with Crippen LogP contribution in [0.25, 0.3) is 0 Å². The van der Waals surface area contributed by atoms with Crippen molar-refractivity contribution in [3.05, 3.63) is 40.6 Å². The van der Waals surface area contributed by atoms with Gasteiger partial charge < -0.3 is 10.1 Å². The van der Waals surface area contributed by atoms with Crippen LogP contribution in [0.2, 0.25) is 0 Å². The van der Waals surface area contributed by atoms with Crippen molar-refractivity contribution < 1.29 is 9.53 Å². The zero-order valence-corrected chi connectivity index (χ0v) is 15.0. The number of ether oxygens (including phenoxy) is 1. The predicted octanol–water partition coefficient (Wildman–Crippen LogP) is 2.46. The molecule has 2 aliphatic heterocycles. The van der Waals surface area contributed by atoms with Gasteiger partial charge in [0.25, 0.3) is 5.91 Å². The van der Waals surface area contributed by atoms with Gasteiger partial charge in [-0.3, -0.25) is 14.7 Å². The minimum absolute atomic E-state index is 0.0653. The van der Waals surface area contributed by atoms with Gasteiger partial charge in [0.15, 0.2) is 0 Å². The number of pyridine rings is 1. The number of thiazole rings is 1. The number of nitrogens with one attached hydrogen (secondary N) is 1. The first kappa shape index (κ1) is 16.6. The molecule has 0 aliphatic carbocycles. The monoisotopic (exact) mass is 358 g/mol. The number of likely N-dealkylation sites (tertiary alicyclic amines) is 1.